The van der Waals surface area contributed by atoms with E-state index in [0.29, 0.717) is 0 Å². The zero-order chi connectivity index (χ0) is 15.6. The number of piperidine rings is 1. The molecule has 1 aromatic heterocycles. The van der Waals surface area contributed by atoms with Crippen molar-refractivity contribution in [2.75, 3.05) is 25.0 Å². The van der Waals surface area contributed by atoms with Gasteiger partial charge in [0.15, 0.2) is 0 Å². The zero-order valence-electron chi connectivity index (χ0n) is 13.1. The molecule has 122 valence electrons. The van der Waals surface area contributed by atoms with Crippen LogP contribution in [0.3, 0.4) is 0 Å². The second-order valence-corrected chi connectivity index (χ2v) is 6.39. The van der Waals surface area contributed by atoms with Gasteiger partial charge in [0.05, 0.1) is 17.0 Å². The van der Waals surface area contributed by atoms with Gasteiger partial charge in [0.1, 0.15) is 11.9 Å². The predicted molar refractivity (Wildman–Crippen MR) is 88.2 cm³/mol. The van der Waals surface area contributed by atoms with Crippen LogP contribution in [0.2, 0.25) is 0 Å². The van der Waals surface area contributed by atoms with Crippen LogP contribution in [0.15, 0.2) is 18.2 Å². The number of anilines is 1. The Balaban J connectivity index is 1.50. The summed E-state index contributed by atoms with van der Waals surface area (Å²) in [6.45, 7) is 2.58. The van der Waals surface area contributed by atoms with Gasteiger partial charge in [-0.25, -0.2) is 4.98 Å². The Bertz CT molecular complexity index is 700. The molecule has 2 atom stereocenters. The number of amides is 1. The molecule has 6 nitrogen and oxygen atoms in total. The maximum Gasteiger partial charge on any atom is 0.228 e. The van der Waals surface area contributed by atoms with Gasteiger partial charge in [0.25, 0.3) is 0 Å². The van der Waals surface area contributed by atoms with Crippen molar-refractivity contribution in [3.8, 4) is 0 Å². The molecule has 2 fully saturated rings. The van der Waals surface area contributed by atoms with E-state index in [4.69, 9.17) is 4.74 Å². The number of benzene rings is 1. The van der Waals surface area contributed by atoms with Crippen LogP contribution in [0.1, 0.15) is 37.6 Å². The van der Waals surface area contributed by atoms with Gasteiger partial charge in [0, 0.05) is 18.8 Å². The molecule has 2 aliphatic heterocycles. The van der Waals surface area contributed by atoms with E-state index in [9.17, 15) is 4.79 Å². The number of aromatic amines is 1. The number of nitrogens with zero attached hydrogens (tertiary/aromatic N) is 1. The summed E-state index contributed by atoms with van der Waals surface area (Å²) in [5, 5.41) is 6.30. The molecule has 2 aliphatic rings. The van der Waals surface area contributed by atoms with Crippen LogP contribution in [-0.4, -0.2) is 35.6 Å². The Morgan fingerprint density at radius 3 is 3.04 bits per heavy atom. The molecular weight excluding hydrogens is 292 g/mol. The lowest BCUT2D eigenvalue weighted by atomic mass is 9.99. The Kier molecular flexibility index (Phi) is 4.01. The van der Waals surface area contributed by atoms with E-state index >= 15 is 0 Å². The fourth-order valence-electron chi connectivity index (χ4n) is 3.37. The molecule has 0 bridgehead atoms. The average molecular weight is 314 g/mol. The number of imidazole rings is 1. The molecule has 4 rings (SSSR count). The monoisotopic (exact) mass is 314 g/mol. The summed E-state index contributed by atoms with van der Waals surface area (Å²) in [5.41, 5.74) is 2.67. The highest BCUT2D eigenvalue weighted by Crippen LogP contribution is 2.28. The van der Waals surface area contributed by atoms with Crippen LogP contribution in [0.25, 0.3) is 11.0 Å². The van der Waals surface area contributed by atoms with Crippen LogP contribution in [0, 0.1) is 5.92 Å². The molecule has 2 saturated heterocycles. The molecule has 1 aromatic carbocycles. The molecule has 6 heteroatoms. The van der Waals surface area contributed by atoms with Crippen LogP contribution >= 0.6 is 0 Å². The summed E-state index contributed by atoms with van der Waals surface area (Å²) in [4.78, 5) is 20.3. The smallest absolute Gasteiger partial charge is 0.228 e. The fourth-order valence-corrected chi connectivity index (χ4v) is 3.37. The number of carbonyl (C=O) groups excluding carboxylic acids is 1. The van der Waals surface area contributed by atoms with Gasteiger partial charge in [-0.15, -0.1) is 0 Å². The van der Waals surface area contributed by atoms with E-state index in [1.807, 2.05) is 18.2 Å². The van der Waals surface area contributed by atoms with Gasteiger partial charge in [-0.05, 0) is 50.4 Å². The van der Waals surface area contributed by atoms with Crippen molar-refractivity contribution in [2.45, 2.75) is 31.8 Å². The third kappa shape index (κ3) is 3.09. The molecule has 0 aliphatic carbocycles. The SMILES string of the molecule is O=C(Nc1ccc2nc(C3CCCO3)[nH]c2c1)C1CCCNC1. The molecule has 1 amide bonds. The minimum absolute atomic E-state index is 0.0589. The summed E-state index contributed by atoms with van der Waals surface area (Å²) >= 11 is 0. The maximum absolute atomic E-state index is 12.3. The van der Waals surface area contributed by atoms with Gasteiger partial charge in [0.2, 0.25) is 5.91 Å². The lowest BCUT2D eigenvalue weighted by Gasteiger charge is -2.21. The molecule has 3 N–H and O–H groups in total. The number of nitrogens with one attached hydrogen (secondary N) is 3. The second kappa shape index (κ2) is 6.29. The first kappa shape index (κ1) is 14.7. The number of fused-ring (bicyclic) bond motifs is 1. The number of hydrogen-bond donors (Lipinski definition) is 3. The molecule has 0 saturated carbocycles. The quantitative estimate of drug-likeness (QED) is 0.812. The molecule has 0 spiro atoms. The van der Waals surface area contributed by atoms with E-state index in [0.717, 1.165) is 67.9 Å². The summed E-state index contributed by atoms with van der Waals surface area (Å²) in [6.07, 6.45) is 4.18. The number of H-pyrrole nitrogens is 1. The van der Waals surface area contributed by atoms with E-state index in [1.54, 1.807) is 0 Å². The Morgan fingerprint density at radius 2 is 2.26 bits per heavy atom. The van der Waals surface area contributed by atoms with Gasteiger partial charge in [-0.2, -0.15) is 0 Å². The lowest BCUT2D eigenvalue weighted by molar-refractivity contribution is -0.120. The fraction of sp³-hybridized carbons (Fsp3) is 0.529. The number of ether oxygens (including phenoxy) is 1. The van der Waals surface area contributed by atoms with Crippen molar-refractivity contribution in [1.82, 2.24) is 15.3 Å². The van der Waals surface area contributed by atoms with Crippen molar-refractivity contribution >= 4 is 22.6 Å². The number of rotatable bonds is 3. The first-order valence-corrected chi connectivity index (χ1v) is 8.42. The topological polar surface area (TPSA) is 79.0 Å². The van der Waals surface area contributed by atoms with Crippen LogP contribution in [0.4, 0.5) is 5.69 Å². The Hall–Kier alpha value is -1.92. The van der Waals surface area contributed by atoms with Crippen molar-refractivity contribution in [3.05, 3.63) is 24.0 Å². The highest BCUT2D eigenvalue weighted by atomic mass is 16.5. The van der Waals surface area contributed by atoms with Crippen LogP contribution in [-0.2, 0) is 9.53 Å². The first-order valence-electron chi connectivity index (χ1n) is 8.42. The Labute approximate surface area is 135 Å². The maximum atomic E-state index is 12.3. The largest absolute Gasteiger partial charge is 0.370 e. The van der Waals surface area contributed by atoms with E-state index < -0.39 is 0 Å². The highest BCUT2D eigenvalue weighted by Gasteiger charge is 2.22. The molecule has 2 unspecified atom stereocenters. The number of aromatic nitrogens is 2. The zero-order valence-corrected chi connectivity index (χ0v) is 13.1. The lowest BCUT2D eigenvalue weighted by Crippen LogP contribution is -2.37. The number of hydrogen-bond acceptors (Lipinski definition) is 4. The predicted octanol–water partition coefficient (Wildman–Crippen LogP) is 2.35. The normalized spacial score (nSPS) is 24.9. The number of carbonyl (C=O) groups is 1. The van der Waals surface area contributed by atoms with Crippen LogP contribution < -0.4 is 10.6 Å². The minimum atomic E-state index is 0.0589. The standard InChI is InChI=1S/C17H22N4O2/c22-17(11-3-1-7-18-10-11)19-12-5-6-13-14(9-12)21-16(20-13)15-4-2-8-23-15/h5-6,9,11,15,18H,1-4,7-8,10H2,(H,19,22)(H,20,21). The van der Waals surface area contributed by atoms with Crippen LogP contribution in [0.5, 0.6) is 0 Å². The van der Waals surface area contributed by atoms with Gasteiger partial charge in [-0.1, -0.05) is 0 Å². The summed E-state index contributed by atoms with van der Waals surface area (Å²) in [6, 6.07) is 5.81. The van der Waals surface area contributed by atoms with Gasteiger partial charge in [-0.3, -0.25) is 4.79 Å². The third-order valence-electron chi connectivity index (χ3n) is 4.67. The van der Waals surface area contributed by atoms with E-state index in [2.05, 4.69) is 20.6 Å². The first-order chi connectivity index (χ1) is 11.3. The molecule has 2 aromatic rings. The van der Waals surface area contributed by atoms with E-state index in [-0.39, 0.29) is 17.9 Å². The molecular formula is C17H22N4O2. The third-order valence-corrected chi connectivity index (χ3v) is 4.67. The van der Waals surface area contributed by atoms with Gasteiger partial charge < -0.3 is 20.4 Å². The average Bonchev–Trinajstić information content (AvgIpc) is 3.24. The van der Waals surface area contributed by atoms with E-state index in [1.165, 1.54) is 0 Å². The summed E-state index contributed by atoms with van der Waals surface area (Å²) in [5.74, 6) is 1.04. The minimum Gasteiger partial charge on any atom is -0.370 e. The highest BCUT2D eigenvalue weighted by molar-refractivity contribution is 5.94. The van der Waals surface area contributed by atoms with Crippen molar-refractivity contribution in [3.63, 3.8) is 0 Å². The van der Waals surface area contributed by atoms with Crippen molar-refractivity contribution in [1.29, 1.82) is 0 Å². The summed E-state index contributed by atoms with van der Waals surface area (Å²) in [7, 11) is 0. The second-order valence-electron chi connectivity index (χ2n) is 6.39. The molecule has 0 radical (unpaired) electrons. The Morgan fingerprint density at radius 1 is 1.30 bits per heavy atom. The molecule has 3 heterocycles. The summed E-state index contributed by atoms with van der Waals surface area (Å²) < 4.78 is 5.67. The van der Waals surface area contributed by atoms with Gasteiger partial charge >= 0.3 is 0 Å². The molecule has 23 heavy (non-hydrogen) atoms. The van der Waals surface area contributed by atoms with Crippen molar-refractivity contribution < 1.29 is 9.53 Å². The van der Waals surface area contributed by atoms with Crippen molar-refractivity contribution in [2.24, 2.45) is 5.92 Å².